The number of furan rings is 1. The van der Waals surface area contributed by atoms with Crippen LogP contribution < -0.4 is 5.32 Å². The van der Waals surface area contributed by atoms with Crippen LogP contribution in [0.4, 0.5) is 0 Å². The predicted octanol–water partition coefficient (Wildman–Crippen LogP) is 3.43. The van der Waals surface area contributed by atoms with Gasteiger partial charge in [-0.25, -0.2) is 4.98 Å². The highest BCUT2D eigenvalue weighted by atomic mass is 16.3. The van der Waals surface area contributed by atoms with Gasteiger partial charge in [-0.2, -0.15) is 0 Å². The van der Waals surface area contributed by atoms with E-state index in [4.69, 9.17) is 4.42 Å². The van der Waals surface area contributed by atoms with Crippen LogP contribution in [-0.2, 0) is 13.1 Å². The van der Waals surface area contributed by atoms with Crippen molar-refractivity contribution in [2.24, 2.45) is 5.41 Å². The van der Waals surface area contributed by atoms with Crippen LogP contribution in [0, 0.1) is 5.41 Å². The molecule has 1 aliphatic heterocycles. The van der Waals surface area contributed by atoms with E-state index < -0.39 is 0 Å². The maximum absolute atomic E-state index is 13.7. The van der Waals surface area contributed by atoms with E-state index in [1.54, 1.807) is 6.26 Å². The molecular formula is C22H26N4O2. The highest BCUT2D eigenvalue weighted by Crippen LogP contribution is 2.56. The molecule has 146 valence electrons. The molecule has 2 fully saturated rings. The van der Waals surface area contributed by atoms with Crippen LogP contribution in [0.5, 0.6) is 0 Å². The highest BCUT2D eigenvalue weighted by molar-refractivity contribution is 6.06. The lowest BCUT2D eigenvalue weighted by molar-refractivity contribution is 0.0686. The van der Waals surface area contributed by atoms with E-state index in [9.17, 15) is 4.79 Å². The van der Waals surface area contributed by atoms with E-state index in [-0.39, 0.29) is 17.4 Å². The van der Waals surface area contributed by atoms with Gasteiger partial charge in [-0.15, -0.1) is 0 Å². The highest BCUT2D eigenvalue weighted by Gasteiger charge is 2.58. The Morgan fingerprint density at radius 2 is 2.18 bits per heavy atom. The van der Waals surface area contributed by atoms with Crippen molar-refractivity contribution in [3.8, 4) is 0 Å². The summed E-state index contributed by atoms with van der Waals surface area (Å²) in [6, 6.07) is 8.03. The van der Waals surface area contributed by atoms with Gasteiger partial charge in [-0.05, 0) is 50.8 Å². The van der Waals surface area contributed by atoms with Crippen LogP contribution in [0.2, 0.25) is 0 Å². The fourth-order valence-corrected chi connectivity index (χ4v) is 4.78. The Balaban J connectivity index is 1.49. The third-order valence-electron chi connectivity index (χ3n) is 6.55. The Hall–Kier alpha value is -2.60. The van der Waals surface area contributed by atoms with Crippen molar-refractivity contribution < 1.29 is 9.21 Å². The second kappa shape index (κ2) is 6.78. The van der Waals surface area contributed by atoms with Gasteiger partial charge in [0.15, 0.2) is 0 Å². The number of hydrogen-bond donors (Lipinski definition) is 1. The van der Waals surface area contributed by atoms with Gasteiger partial charge >= 0.3 is 0 Å². The molecule has 2 aromatic heterocycles. The summed E-state index contributed by atoms with van der Waals surface area (Å²) in [5.74, 6) is 0.996. The minimum Gasteiger partial charge on any atom is -0.463 e. The first-order valence-electron chi connectivity index (χ1n) is 10.2. The van der Waals surface area contributed by atoms with Gasteiger partial charge in [-0.3, -0.25) is 4.79 Å². The molecule has 5 rings (SSSR count). The Morgan fingerprint density at radius 1 is 1.36 bits per heavy atom. The zero-order valence-corrected chi connectivity index (χ0v) is 16.2. The van der Waals surface area contributed by atoms with E-state index in [0.29, 0.717) is 12.1 Å². The zero-order chi connectivity index (χ0) is 19.1. The van der Waals surface area contributed by atoms with Gasteiger partial charge in [0.25, 0.3) is 5.91 Å². The summed E-state index contributed by atoms with van der Waals surface area (Å²) in [5.41, 5.74) is 1.68. The number of fused-ring (bicyclic) bond motifs is 1. The van der Waals surface area contributed by atoms with Crippen LogP contribution in [0.25, 0.3) is 11.0 Å². The molecule has 1 aliphatic carbocycles. The first-order valence-corrected chi connectivity index (χ1v) is 10.2. The molecule has 3 aromatic rings. The standard InChI is InChI=1S/C22H26N4O2/c1-2-25-12-11-24-20(25)14-26(19-13-22(19)7-9-23-10-8-22)21(27)17-15-28-18-6-4-3-5-16(17)18/h3-6,11-12,15,19,23H,2,7-10,13-14H2,1H3/t19-/m0/s1. The number of hydrogen-bond acceptors (Lipinski definition) is 4. The summed E-state index contributed by atoms with van der Waals surface area (Å²) in [6.07, 6.45) is 8.78. The number of imidazole rings is 1. The molecule has 1 aromatic carbocycles. The minimum absolute atomic E-state index is 0.0519. The van der Waals surface area contributed by atoms with E-state index in [2.05, 4.69) is 26.7 Å². The van der Waals surface area contributed by atoms with Gasteiger partial charge in [0.1, 0.15) is 17.7 Å². The molecule has 0 radical (unpaired) electrons. The lowest BCUT2D eigenvalue weighted by atomic mass is 9.93. The molecule has 1 atom stereocenters. The molecule has 28 heavy (non-hydrogen) atoms. The fourth-order valence-electron chi connectivity index (χ4n) is 4.78. The Morgan fingerprint density at radius 3 is 3.00 bits per heavy atom. The maximum atomic E-state index is 13.7. The third kappa shape index (κ3) is 2.83. The second-order valence-electron chi connectivity index (χ2n) is 8.04. The summed E-state index contributed by atoms with van der Waals surface area (Å²) < 4.78 is 7.78. The van der Waals surface area contributed by atoms with Crippen molar-refractivity contribution in [1.82, 2.24) is 19.8 Å². The second-order valence-corrected chi connectivity index (χ2v) is 8.04. The number of nitrogens with zero attached hydrogens (tertiary/aromatic N) is 3. The number of amides is 1. The van der Waals surface area contributed by atoms with Gasteiger partial charge in [0.2, 0.25) is 0 Å². The van der Waals surface area contributed by atoms with Crippen molar-refractivity contribution in [2.75, 3.05) is 13.1 Å². The van der Waals surface area contributed by atoms with Gasteiger partial charge in [0.05, 0.1) is 12.1 Å². The van der Waals surface area contributed by atoms with Crippen LogP contribution >= 0.6 is 0 Å². The molecule has 1 saturated heterocycles. The minimum atomic E-state index is 0.0519. The number of rotatable bonds is 5. The van der Waals surface area contributed by atoms with Gasteiger partial charge in [0, 0.05) is 30.4 Å². The number of aryl methyl sites for hydroxylation is 1. The topological polar surface area (TPSA) is 63.3 Å². The fraction of sp³-hybridized carbons (Fsp3) is 0.455. The van der Waals surface area contributed by atoms with Crippen LogP contribution in [0.1, 0.15) is 42.4 Å². The van der Waals surface area contributed by atoms with Gasteiger partial charge in [-0.1, -0.05) is 18.2 Å². The Labute approximate surface area is 164 Å². The van der Waals surface area contributed by atoms with E-state index in [0.717, 1.165) is 55.7 Å². The monoisotopic (exact) mass is 378 g/mol. The summed E-state index contributed by atoms with van der Waals surface area (Å²) in [4.78, 5) is 20.2. The summed E-state index contributed by atoms with van der Waals surface area (Å²) in [7, 11) is 0. The number of piperidine rings is 1. The quantitative estimate of drug-likeness (QED) is 0.739. The molecule has 6 nitrogen and oxygen atoms in total. The largest absolute Gasteiger partial charge is 0.463 e. The Bertz CT molecular complexity index is 999. The number of aromatic nitrogens is 2. The van der Waals surface area contributed by atoms with Crippen LogP contribution in [-0.4, -0.2) is 39.5 Å². The average Bonchev–Trinajstić information content (AvgIpc) is 3.10. The first-order chi connectivity index (χ1) is 13.7. The molecule has 6 heteroatoms. The first kappa shape index (κ1) is 17.5. The van der Waals surface area contributed by atoms with Crippen molar-refractivity contribution in [3.63, 3.8) is 0 Å². The lowest BCUT2D eigenvalue weighted by Crippen LogP contribution is -2.39. The molecule has 1 amide bonds. The third-order valence-corrected chi connectivity index (χ3v) is 6.55. The number of nitrogens with one attached hydrogen (secondary N) is 1. The molecule has 1 spiro atoms. The van der Waals surface area contributed by atoms with Crippen molar-refractivity contribution in [3.05, 3.63) is 54.3 Å². The summed E-state index contributed by atoms with van der Waals surface area (Å²) in [5, 5.41) is 4.34. The van der Waals surface area contributed by atoms with Crippen LogP contribution in [0.15, 0.2) is 47.3 Å². The van der Waals surface area contributed by atoms with Crippen molar-refractivity contribution in [2.45, 2.75) is 45.3 Å². The molecular weight excluding hydrogens is 352 g/mol. The SMILES string of the molecule is CCn1ccnc1CN(C(=O)c1coc2ccccc12)[C@H]1CC12CCNCC2. The number of carbonyl (C=O) groups excluding carboxylic acids is 1. The van der Waals surface area contributed by atoms with Crippen molar-refractivity contribution >= 4 is 16.9 Å². The molecule has 0 bridgehead atoms. The molecule has 1 saturated carbocycles. The Kier molecular flexibility index (Phi) is 4.23. The van der Waals surface area contributed by atoms with Crippen LogP contribution in [0.3, 0.4) is 0 Å². The number of para-hydroxylation sites is 1. The molecule has 0 unspecified atom stereocenters. The zero-order valence-electron chi connectivity index (χ0n) is 16.2. The smallest absolute Gasteiger partial charge is 0.258 e. The summed E-state index contributed by atoms with van der Waals surface area (Å²) >= 11 is 0. The summed E-state index contributed by atoms with van der Waals surface area (Å²) in [6.45, 7) is 5.57. The molecule has 3 heterocycles. The van der Waals surface area contributed by atoms with E-state index in [1.807, 2.05) is 36.7 Å². The molecule has 2 aliphatic rings. The van der Waals surface area contributed by atoms with Gasteiger partial charge < -0.3 is 19.2 Å². The number of carbonyl (C=O) groups is 1. The molecule has 1 N–H and O–H groups in total. The van der Waals surface area contributed by atoms with E-state index in [1.165, 1.54) is 0 Å². The normalized spacial score (nSPS) is 20.5. The average molecular weight is 378 g/mol. The van der Waals surface area contributed by atoms with E-state index >= 15 is 0 Å². The van der Waals surface area contributed by atoms with Crippen molar-refractivity contribution in [1.29, 1.82) is 0 Å². The maximum Gasteiger partial charge on any atom is 0.258 e. The predicted molar refractivity (Wildman–Crippen MR) is 107 cm³/mol. The number of benzene rings is 1. The lowest BCUT2D eigenvalue weighted by Gasteiger charge is -2.29.